The molecule has 0 amide bonds. The van der Waals surface area contributed by atoms with E-state index in [9.17, 15) is 14.2 Å². The van der Waals surface area contributed by atoms with Gasteiger partial charge in [0.1, 0.15) is 0 Å². The number of nitrogens with two attached hydrogens (primary N) is 1. The number of benzene rings is 1. The number of hydrogen-bond donors (Lipinski definition) is 4. The molecule has 4 heterocycles. The van der Waals surface area contributed by atoms with Gasteiger partial charge in [-0.25, -0.2) is 0 Å². The van der Waals surface area contributed by atoms with Gasteiger partial charge in [-0.1, -0.05) is 0 Å². The summed E-state index contributed by atoms with van der Waals surface area (Å²) >= 11 is 1.39. The van der Waals surface area contributed by atoms with Crippen molar-refractivity contribution >= 4 is 37.3 Å². The van der Waals surface area contributed by atoms with Crippen molar-refractivity contribution in [3.05, 3.63) is 36.4 Å². The predicted molar refractivity (Wildman–Crippen MR) is 112 cm³/mol. The number of nitrogens with one attached hydrogen (secondary N) is 1. The van der Waals surface area contributed by atoms with E-state index in [1.807, 2.05) is 4.90 Å². The maximum absolute atomic E-state index is 13.4. The van der Waals surface area contributed by atoms with Gasteiger partial charge < -0.3 is 0 Å². The van der Waals surface area contributed by atoms with Crippen molar-refractivity contribution in [2.75, 3.05) is 29.7 Å². The van der Waals surface area contributed by atoms with Crippen molar-refractivity contribution in [3.63, 3.8) is 0 Å². The van der Waals surface area contributed by atoms with E-state index >= 15 is 0 Å². The number of anilines is 3. The van der Waals surface area contributed by atoms with Crippen LogP contribution < -0.4 is 16.0 Å². The monoisotopic (exact) mass is 473 g/mol. The van der Waals surface area contributed by atoms with Crippen LogP contribution in [0.3, 0.4) is 0 Å². The van der Waals surface area contributed by atoms with E-state index in [1.54, 1.807) is 12.1 Å². The quantitative estimate of drug-likeness (QED) is 0.471. The van der Waals surface area contributed by atoms with Crippen molar-refractivity contribution < 1.29 is 32.7 Å². The molecule has 2 unspecified atom stereocenters. The summed E-state index contributed by atoms with van der Waals surface area (Å²) in [7, 11) is -2.76. The van der Waals surface area contributed by atoms with Crippen LogP contribution in [-0.4, -0.2) is 63.5 Å². The maximum atomic E-state index is 13.4. The normalized spacial score (nSPS) is 32.3. The first-order valence-electron chi connectivity index (χ1n) is 9.38. The molecule has 2 aromatic rings. The predicted octanol–water partition coefficient (Wildman–Crippen LogP) is 1.06. The number of rotatable bonds is 4. The molecule has 0 bridgehead atoms. The van der Waals surface area contributed by atoms with Crippen LogP contribution in [0.1, 0.15) is 0 Å². The summed E-state index contributed by atoms with van der Waals surface area (Å²) in [6, 6.07) is 6.07. The van der Waals surface area contributed by atoms with Crippen LogP contribution in [0.4, 0.5) is 21.7 Å². The SMILES string of the molecule is CO[C@@H]1[C@H](N2c3ncnc(N)c3NC2Sc2ccc(F)cc2)OC2CO[PH](O)(O)O[C@@H]21. The summed E-state index contributed by atoms with van der Waals surface area (Å²) in [5, 5.41) is 3.28. The van der Waals surface area contributed by atoms with Gasteiger partial charge in [0.05, 0.1) is 0 Å². The van der Waals surface area contributed by atoms with Crippen LogP contribution in [0.5, 0.6) is 0 Å². The Balaban J connectivity index is 1.49. The topological polar surface area (TPSA) is 144 Å². The second-order valence-electron chi connectivity index (χ2n) is 7.14. The van der Waals surface area contributed by atoms with Crippen molar-refractivity contribution in [3.8, 4) is 0 Å². The molecule has 5 atom stereocenters. The van der Waals surface area contributed by atoms with Crippen molar-refractivity contribution in [1.82, 2.24) is 9.97 Å². The molecule has 0 radical (unpaired) electrons. The van der Waals surface area contributed by atoms with Crippen molar-refractivity contribution in [2.45, 2.75) is 34.9 Å². The standard InChI is InChI=1S/C17H21FN5O6PS/c1-26-13-12-10(6-27-30(24,25)29-12)28-16(13)23-15-11(14(19)20-7-21-15)22-17(23)31-9-4-2-8(18)3-5-9/h2-5,7,10,12-13,16-17,22,24-25,30H,6H2,1H3,(H2,19,20,21)/t10?,12-,13-,16+,17?/m0/s1. The Morgan fingerprint density at radius 3 is 2.84 bits per heavy atom. The second kappa shape index (κ2) is 7.94. The average Bonchev–Trinajstić information content (AvgIpc) is 3.26. The van der Waals surface area contributed by atoms with Crippen LogP contribution in [0.25, 0.3) is 0 Å². The molecule has 5 N–H and O–H groups in total. The van der Waals surface area contributed by atoms with E-state index in [1.165, 1.54) is 37.3 Å². The molecular formula is C17H21FN5O6PS. The van der Waals surface area contributed by atoms with Crippen molar-refractivity contribution in [1.29, 1.82) is 0 Å². The molecule has 5 rings (SSSR count). The first-order valence-corrected chi connectivity index (χ1v) is 12.0. The first-order chi connectivity index (χ1) is 14.9. The van der Waals surface area contributed by atoms with E-state index in [2.05, 4.69) is 15.3 Å². The summed E-state index contributed by atoms with van der Waals surface area (Å²) in [5.74, 6) is 0.424. The molecule has 14 heteroatoms. The van der Waals surface area contributed by atoms with E-state index in [0.717, 1.165) is 4.90 Å². The molecular weight excluding hydrogens is 452 g/mol. The Bertz CT molecular complexity index is 975. The van der Waals surface area contributed by atoms with Gasteiger partial charge in [0.25, 0.3) is 0 Å². The fraction of sp³-hybridized carbons (Fsp3) is 0.412. The zero-order chi connectivity index (χ0) is 21.8. The van der Waals surface area contributed by atoms with Gasteiger partial charge in [-0.2, -0.15) is 0 Å². The summed E-state index contributed by atoms with van der Waals surface area (Å²) in [6.07, 6.45) is -1.37. The second-order valence-corrected chi connectivity index (χ2v) is 9.92. The summed E-state index contributed by atoms with van der Waals surface area (Å²) < 4.78 is 35.6. The Hall–Kier alpha value is -1.83. The summed E-state index contributed by atoms with van der Waals surface area (Å²) in [4.78, 5) is 30.8. The number of ether oxygens (including phenoxy) is 2. The Labute approximate surface area is 181 Å². The Kier molecular flexibility index (Phi) is 5.39. The molecule has 1 aromatic heterocycles. The fourth-order valence-corrected chi connectivity index (χ4v) is 6.02. The van der Waals surface area contributed by atoms with Gasteiger partial charge in [0, 0.05) is 0 Å². The zero-order valence-corrected chi connectivity index (χ0v) is 18.0. The molecule has 3 aliphatic heterocycles. The van der Waals surface area contributed by atoms with Gasteiger partial charge in [-0.15, -0.1) is 0 Å². The van der Waals surface area contributed by atoms with E-state index in [0.29, 0.717) is 11.5 Å². The van der Waals surface area contributed by atoms with Crippen LogP contribution >= 0.6 is 19.9 Å². The zero-order valence-electron chi connectivity index (χ0n) is 16.2. The van der Waals surface area contributed by atoms with Gasteiger partial charge in [-0.05, 0) is 0 Å². The number of methoxy groups -OCH3 is 1. The molecule has 2 saturated heterocycles. The fourth-order valence-electron chi connectivity index (χ4n) is 3.87. The third-order valence-electron chi connectivity index (χ3n) is 5.24. The van der Waals surface area contributed by atoms with Crippen LogP contribution in [-0.2, 0) is 18.5 Å². The Morgan fingerprint density at radius 2 is 2.10 bits per heavy atom. The number of nitrogen functional groups attached to an aromatic ring is 1. The van der Waals surface area contributed by atoms with Gasteiger partial charge >= 0.3 is 181 Å². The van der Waals surface area contributed by atoms with Gasteiger partial charge in [-0.3, -0.25) is 0 Å². The molecule has 2 fully saturated rings. The number of nitrogens with zero attached hydrogens (tertiary/aromatic N) is 3. The molecule has 11 nitrogen and oxygen atoms in total. The van der Waals surface area contributed by atoms with Crippen molar-refractivity contribution in [2.24, 2.45) is 0 Å². The molecule has 1 aromatic carbocycles. The van der Waals surface area contributed by atoms with Gasteiger partial charge in [0.15, 0.2) is 0 Å². The molecule has 0 aliphatic carbocycles. The van der Waals surface area contributed by atoms with Crippen LogP contribution in [0.2, 0.25) is 0 Å². The molecule has 31 heavy (non-hydrogen) atoms. The average molecular weight is 473 g/mol. The number of fused-ring (bicyclic) bond motifs is 2. The molecule has 0 saturated carbocycles. The third kappa shape index (κ3) is 3.81. The number of thioether (sulfide) groups is 1. The molecule has 168 valence electrons. The molecule has 0 spiro atoms. The Morgan fingerprint density at radius 1 is 1.32 bits per heavy atom. The van der Waals surface area contributed by atoms with E-state index in [4.69, 9.17) is 24.3 Å². The number of hydrogen-bond acceptors (Lipinski definition) is 12. The number of halogens is 1. The summed E-state index contributed by atoms with van der Waals surface area (Å²) in [6.45, 7) is -0.0456. The number of aromatic nitrogens is 2. The minimum atomic E-state index is -4.25. The molecule has 3 aliphatic rings. The minimum absolute atomic E-state index is 0.0456. The summed E-state index contributed by atoms with van der Waals surface area (Å²) in [5.41, 5.74) is 6.13. The van der Waals surface area contributed by atoms with Gasteiger partial charge in [0.2, 0.25) is 0 Å². The van der Waals surface area contributed by atoms with E-state index in [-0.39, 0.29) is 18.2 Å². The van der Waals surface area contributed by atoms with Crippen LogP contribution in [0, 0.1) is 5.82 Å². The third-order valence-corrected chi connectivity index (χ3v) is 7.47. The first kappa shape index (κ1) is 21.0. The van der Waals surface area contributed by atoms with Crippen LogP contribution in [0.15, 0.2) is 35.5 Å². The van der Waals surface area contributed by atoms with E-state index < -0.39 is 38.2 Å².